The fourth-order valence-corrected chi connectivity index (χ4v) is 1.94. The summed E-state index contributed by atoms with van der Waals surface area (Å²) in [6.45, 7) is 0. The Bertz CT molecular complexity index is 364. The van der Waals surface area contributed by atoms with Crippen LogP contribution in [0.15, 0.2) is 24.3 Å². The second-order valence-electron chi connectivity index (χ2n) is 2.86. The summed E-state index contributed by atoms with van der Waals surface area (Å²) in [6, 6.07) is 8.19. The van der Waals surface area contributed by atoms with Gasteiger partial charge in [-0.05, 0) is 12.1 Å². The monoisotopic (exact) mass is 214 g/mol. The van der Waals surface area contributed by atoms with Crippen LogP contribution >= 0.6 is 23.7 Å². The van der Waals surface area contributed by atoms with Gasteiger partial charge in [-0.1, -0.05) is 23.5 Å². The number of benzene rings is 1. The summed E-state index contributed by atoms with van der Waals surface area (Å²) < 4.78 is 1.25. The van der Waals surface area contributed by atoms with Crippen LogP contribution in [0.1, 0.15) is 0 Å². The van der Waals surface area contributed by atoms with Gasteiger partial charge in [0.25, 0.3) is 0 Å². The number of nitrogens with zero attached hydrogens (tertiary/aromatic N) is 2. The van der Waals surface area contributed by atoms with Crippen molar-refractivity contribution in [3.05, 3.63) is 24.3 Å². The maximum Gasteiger partial charge on any atom is 0.185 e. The Balaban J connectivity index is 0.000000845. The number of hydrogen-bond acceptors (Lipinski definition) is 3. The largest absolute Gasteiger partial charge is 0.354 e. The molecule has 1 aromatic heterocycles. The third-order valence-electron chi connectivity index (χ3n) is 1.67. The minimum Gasteiger partial charge on any atom is -0.354 e. The van der Waals surface area contributed by atoms with Gasteiger partial charge in [0.15, 0.2) is 5.13 Å². The summed E-state index contributed by atoms with van der Waals surface area (Å²) in [4.78, 5) is 6.49. The quantitative estimate of drug-likeness (QED) is 0.726. The molecular weight excluding hydrogens is 204 g/mol. The highest BCUT2D eigenvalue weighted by molar-refractivity contribution is 7.22. The lowest BCUT2D eigenvalue weighted by molar-refractivity contribution is 1.11. The summed E-state index contributed by atoms with van der Waals surface area (Å²) in [7, 11) is 4.02. The molecule has 2 rings (SSSR count). The average molecular weight is 215 g/mol. The Morgan fingerprint density at radius 1 is 1.23 bits per heavy atom. The predicted octanol–water partition coefficient (Wildman–Crippen LogP) is 2.78. The van der Waals surface area contributed by atoms with Gasteiger partial charge >= 0.3 is 0 Å². The molecule has 0 spiro atoms. The van der Waals surface area contributed by atoms with Crippen molar-refractivity contribution in [2.45, 2.75) is 0 Å². The lowest BCUT2D eigenvalue weighted by Crippen LogP contribution is -2.07. The van der Waals surface area contributed by atoms with Gasteiger partial charge in [-0.3, -0.25) is 0 Å². The Kier molecular flexibility index (Phi) is 3.12. The second-order valence-corrected chi connectivity index (χ2v) is 3.87. The maximum atomic E-state index is 4.46. The summed E-state index contributed by atoms with van der Waals surface area (Å²) >= 11 is 1.72. The highest BCUT2D eigenvalue weighted by Crippen LogP contribution is 2.26. The van der Waals surface area contributed by atoms with Crippen LogP contribution in [0.5, 0.6) is 0 Å². The predicted molar refractivity (Wildman–Crippen MR) is 61.2 cm³/mol. The van der Waals surface area contributed by atoms with E-state index in [-0.39, 0.29) is 12.4 Å². The van der Waals surface area contributed by atoms with Gasteiger partial charge in [-0.25, -0.2) is 4.98 Å². The normalized spacial score (nSPS) is 9.69. The van der Waals surface area contributed by atoms with Crippen LogP contribution in [0, 0.1) is 0 Å². The van der Waals surface area contributed by atoms with Gasteiger partial charge in [-0.2, -0.15) is 0 Å². The molecule has 0 saturated heterocycles. The Morgan fingerprint density at radius 3 is 2.54 bits per heavy atom. The fraction of sp³-hybridized carbons (Fsp3) is 0.222. The van der Waals surface area contributed by atoms with Gasteiger partial charge in [-0.15, -0.1) is 12.4 Å². The zero-order chi connectivity index (χ0) is 8.55. The molecule has 2 aromatic rings. The van der Waals surface area contributed by atoms with E-state index in [2.05, 4.69) is 11.1 Å². The SMILES string of the molecule is CN(C)c1nc2ccccc2s1.Cl. The molecule has 1 aromatic carbocycles. The standard InChI is InChI=1S/C9H10N2S.ClH/c1-11(2)9-10-7-5-3-4-6-8(7)12-9;/h3-6H,1-2H3;1H. The third-order valence-corrected chi connectivity index (χ3v) is 2.87. The van der Waals surface area contributed by atoms with E-state index >= 15 is 0 Å². The fourth-order valence-electron chi connectivity index (χ4n) is 1.05. The van der Waals surface area contributed by atoms with Gasteiger partial charge in [0.2, 0.25) is 0 Å². The summed E-state index contributed by atoms with van der Waals surface area (Å²) in [5.74, 6) is 0. The molecule has 0 saturated carbocycles. The minimum atomic E-state index is 0. The van der Waals surface area contributed by atoms with Gasteiger partial charge in [0.05, 0.1) is 10.2 Å². The highest BCUT2D eigenvalue weighted by atomic mass is 35.5. The van der Waals surface area contributed by atoms with Crippen molar-refractivity contribution in [2.24, 2.45) is 0 Å². The molecule has 0 fully saturated rings. The molecule has 0 atom stereocenters. The molecule has 1 heterocycles. The molecule has 0 aliphatic rings. The Labute approximate surface area is 87.6 Å². The second kappa shape index (κ2) is 3.94. The number of halogens is 1. The number of fused-ring (bicyclic) bond motifs is 1. The van der Waals surface area contributed by atoms with E-state index in [0.717, 1.165) is 10.6 Å². The van der Waals surface area contributed by atoms with Gasteiger partial charge < -0.3 is 4.90 Å². The van der Waals surface area contributed by atoms with Crippen LogP contribution in [0.3, 0.4) is 0 Å². The molecular formula is C9H11ClN2S. The van der Waals surface area contributed by atoms with Crippen molar-refractivity contribution < 1.29 is 0 Å². The van der Waals surface area contributed by atoms with Crippen LogP contribution in [0.25, 0.3) is 10.2 Å². The first-order chi connectivity index (χ1) is 5.77. The summed E-state index contributed by atoms with van der Waals surface area (Å²) in [6.07, 6.45) is 0. The molecule has 70 valence electrons. The minimum absolute atomic E-state index is 0. The van der Waals surface area contributed by atoms with Gasteiger partial charge in [0.1, 0.15) is 0 Å². The van der Waals surface area contributed by atoms with Crippen LogP contribution < -0.4 is 4.90 Å². The number of para-hydroxylation sites is 1. The van der Waals surface area contributed by atoms with E-state index in [1.807, 2.05) is 37.2 Å². The molecule has 0 bridgehead atoms. The number of hydrogen-bond donors (Lipinski definition) is 0. The summed E-state index contributed by atoms with van der Waals surface area (Å²) in [5.41, 5.74) is 1.09. The lowest BCUT2D eigenvalue weighted by atomic mass is 10.3. The van der Waals surface area contributed by atoms with E-state index in [1.165, 1.54) is 4.70 Å². The van der Waals surface area contributed by atoms with Gasteiger partial charge in [0, 0.05) is 14.1 Å². The summed E-state index contributed by atoms with van der Waals surface area (Å²) in [5, 5.41) is 1.07. The molecule has 13 heavy (non-hydrogen) atoms. The first-order valence-corrected chi connectivity index (χ1v) is 4.62. The number of thiazole rings is 1. The van der Waals surface area contributed by atoms with Crippen molar-refractivity contribution in [1.82, 2.24) is 4.98 Å². The lowest BCUT2D eigenvalue weighted by Gasteiger charge is -2.04. The smallest absolute Gasteiger partial charge is 0.185 e. The molecule has 0 unspecified atom stereocenters. The molecule has 0 amide bonds. The van der Waals surface area contributed by atoms with Crippen LogP contribution in [-0.2, 0) is 0 Å². The molecule has 2 nitrogen and oxygen atoms in total. The maximum absolute atomic E-state index is 4.46. The zero-order valence-electron chi connectivity index (χ0n) is 7.52. The van der Waals surface area contributed by atoms with E-state index in [0.29, 0.717) is 0 Å². The van der Waals surface area contributed by atoms with E-state index in [9.17, 15) is 0 Å². The zero-order valence-corrected chi connectivity index (χ0v) is 9.15. The first-order valence-electron chi connectivity index (χ1n) is 3.80. The topological polar surface area (TPSA) is 16.1 Å². The van der Waals surface area contributed by atoms with Crippen molar-refractivity contribution in [2.75, 3.05) is 19.0 Å². The molecule has 0 aliphatic heterocycles. The van der Waals surface area contributed by atoms with Crippen LogP contribution in [0.2, 0.25) is 0 Å². The van der Waals surface area contributed by atoms with Crippen molar-refractivity contribution in [3.8, 4) is 0 Å². The molecule has 0 radical (unpaired) electrons. The first kappa shape index (κ1) is 10.3. The van der Waals surface area contributed by atoms with Crippen molar-refractivity contribution in [3.63, 3.8) is 0 Å². The molecule has 0 aliphatic carbocycles. The van der Waals surface area contributed by atoms with Crippen LogP contribution in [-0.4, -0.2) is 19.1 Å². The third kappa shape index (κ3) is 1.92. The molecule has 4 heteroatoms. The average Bonchev–Trinajstić information content (AvgIpc) is 2.46. The highest BCUT2D eigenvalue weighted by Gasteiger charge is 2.02. The number of rotatable bonds is 1. The Hall–Kier alpha value is -0.800. The van der Waals surface area contributed by atoms with Crippen molar-refractivity contribution in [1.29, 1.82) is 0 Å². The number of anilines is 1. The van der Waals surface area contributed by atoms with Crippen molar-refractivity contribution >= 4 is 39.1 Å². The Morgan fingerprint density at radius 2 is 1.92 bits per heavy atom. The number of aromatic nitrogens is 1. The van der Waals surface area contributed by atoms with E-state index in [1.54, 1.807) is 11.3 Å². The molecule has 0 N–H and O–H groups in total. The van der Waals surface area contributed by atoms with E-state index < -0.39 is 0 Å². The van der Waals surface area contributed by atoms with E-state index in [4.69, 9.17) is 0 Å². The van der Waals surface area contributed by atoms with Crippen LogP contribution in [0.4, 0.5) is 5.13 Å².